The van der Waals surface area contributed by atoms with Crippen molar-refractivity contribution in [1.29, 1.82) is 0 Å². The second-order valence-electron chi connectivity index (χ2n) is 4.82. The van der Waals surface area contributed by atoms with Gasteiger partial charge in [-0.1, -0.05) is 38.1 Å². The Kier molecular flexibility index (Phi) is 5.16. The normalized spacial score (nSPS) is 16.5. The Morgan fingerprint density at radius 1 is 1.24 bits per heavy atom. The van der Waals surface area contributed by atoms with E-state index in [2.05, 4.69) is 38.1 Å². The Morgan fingerprint density at radius 2 is 1.82 bits per heavy atom. The lowest BCUT2D eigenvalue weighted by Gasteiger charge is -2.37. The van der Waals surface area contributed by atoms with Crippen molar-refractivity contribution in [2.45, 2.75) is 51.5 Å². The minimum Gasteiger partial charge on any atom is -0.396 e. The molecule has 0 spiro atoms. The zero-order chi connectivity index (χ0) is 12.9. The Morgan fingerprint density at radius 3 is 2.18 bits per heavy atom. The molecule has 0 amide bonds. The number of aryl methyl sites for hydroxylation is 1. The van der Waals surface area contributed by atoms with Gasteiger partial charge in [0.1, 0.15) is 0 Å². The Balaban J connectivity index is 3.11. The van der Waals surface area contributed by atoms with Crippen LogP contribution in [-0.4, -0.2) is 17.8 Å². The van der Waals surface area contributed by atoms with Crippen LogP contribution in [0.15, 0.2) is 24.3 Å². The summed E-state index contributed by atoms with van der Waals surface area (Å²) in [5, 5.41) is 9.29. The second-order valence-corrected chi connectivity index (χ2v) is 4.82. The van der Waals surface area contributed by atoms with E-state index in [4.69, 9.17) is 5.73 Å². The minimum atomic E-state index is -0.0962. The van der Waals surface area contributed by atoms with Crippen LogP contribution in [-0.2, 0) is 11.8 Å². The lowest BCUT2D eigenvalue weighted by molar-refractivity contribution is 0.213. The number of hydrogen-bond donors (Lipinski definition) is 2. The summed E-state index contributed by atoms with van der Waals surface area (Å²) in [6.45, 7) is 6.52. The van der Waals surface area contributed by atoms with Crippen LogP contribution in [0.25, 0.3) is 0 Å². The molecule has 2 heteroatoms. The molecule has 1 aromatic rings. The van der Waals surface area contributed by atoms with Gasteiger partial charge in [0.05, 0.1) is 0 Å². The van der Waals surface area contributed by atoms with E-state index in [1.54, 1.807) is 0 Å². The van der Waals surface area contributed by atoms with Crippen LogP contribution >= 0.6 is 0 Å². The molecule has 0 saturated heterocycles. The monoisotopic (exact) mass is 235 g/mol. The van der Waals surface area contributed by atoms with E-state index in [1.165, 1.54) is 11.1 Å². The third-order valence-corrected chi connectivity index (χ3v) is 4.00. The van der Waals surface area contributed by atoms with Crippen molar-refractivity contribution >= 4 is 0 Å². The predicted molar refractivity (Wildman–Crippen MR) is 73.1 cm³/mol. The number of benzene rings is 1. The number of nitrogens with two attached hydrogens (primary N) is 1. The van der Waals surface area contributed by atoms with E-state index in [-0.39, 0.29) is 18.1 Å². The fourth-order valence-corrected chi connectivity index (χ4v) is 2.61. The maximum atomic E-state index is 9.29. The van der Waals surface area contributed by atoms with E-state index in [0.717, 1.165) is 19.3 Å². The highest BCUT2D eigenvalue weighted by Crippen LogP contribution is 2.34. The van der Waals surface area contributed by atoms with Gasteiger partial charge in [0, 0.05) is 18.1 Å². The zero-order valence-corrected chi connectivity index (χ0v) is 11.2. The van der Waals surface area contributed by atoms with Crippen molar-refractivity contribution in [3.63, 3.8) is 0 Å². The third kappa shape index (κ3) is 2.88. The first kappa shape index (κ1) is 14.2. The van der Waals surface area contributed by atoms with Crippen LogP contribution < -0.4 is 5.73 Å². The van der Waals surface area contributed by atoms with Crippen molar-refractivity contribution in [2.75, 3.05) is 6.61 Å². The largest absolute Gasteiger partial charge is 0.396 e. The first-order valence-corrected chi connectivity index (χ1v) is 6.56. The van der Waals surface area contributed by atoms with Crippen LogP contribution in [0.3, 0.4) is 0 Å². The molecule has 0 radical (unpaired) electrons. The summed E-state index contributed by atoms with van der Waals surface area (Å²) in [4.78, 5) is 0. The standard InChI is InChI=1S/C15H25NO/c1-4-13-6-8-14(9-7-13)15(5-2,10-11-17)12(3)16/h6-9,12,17H,4-5,10-11,16H2,1-3H3. The summed E-state index contributed by atoms with van der Waals surface area (Å²) in [6, 6.07) is 8.72. The van der Waals surface area contributed by atoms with E-state index in [9.17, 15) is 5.11 Å². The Labute approximate surface area is 105 Å². The molecule has 96 valence electrons. The molecule has 2 nitrogen and oxygen atoms in total. The van der Waals surface area contributed by atoms with Crippen molar-refractivity contribution in [2.24, 2.45) is 5.73 Å². The fourth-order valence-electron chi connectivity index (χ4n) is 2.61. The maximum absolute atomic E-state index is 9.29. The molecular weight excluding hydrogens is 210 g/mol. The first-order valence-electron chi connectivity index (χ1n) is 6.56. The van der Waals surface area contributed by atoms with Crippen LogP contribution in [0.5, 0.6) is 0 Å². The molecular formula is C15H25NO. The van der Waals surface area contributed by atoms with Gasteiger partial charge in [-0.15, -0.1) is 0 Å². The van der Waals surface area contributed by atoms with Crippen molar-refractivity contribution in [3.8, 4) is 0 Å². The molecule has 0 heterocycles. The molecule has 3 N–H and O–H groups in total. The van der Waals surface area contributed by atoms with Crippen LogP contribution in [0, 0.1) is 0 Å². The summed E-state index contributed by atoms with van der Waals surface area (Å²) in [5.74, 6) is 0. The molecule has 17 heavy (non-hydrogen) atoms. The van der Waals surface area contributed by atoms with Crippen molar-refractivity contribution < 1.29 is 5.11 Å². The molecule has 0 bridgehead atoms. The van der Waals surface area contributed by atoms with Gasteiger partial charge in [0.2, 0.25) is 0 Å². The Bertz CT molecular complexity index is 331. The van der Waals surface area contributed by atoms with Gasteiger partial charge >= 0.3 is 0 Å². The topological polar surface area (TPSA) is 46.2 Å². The molecule has 0 aliphatic carbocycles. The number of rotatable bonds is 6. The Hall–Kier alpha value is -0.860. The maximum Gasteiger partial charge on any atom is 0.0440 e. The van der Waals surface area contributed by atoms with Gasteiger partial charge in [0.15, 0.2) is 0 Å². The third-order valence-electron chi connectivity index (χ3n) is 4.00. The highest BCUT2D eigenvalue weighted by Gasteiger charge is 2.33. The zero-order valence-electron chi connectivity index (χ0n) is 11.2. The van der Waals surface area contributed by atoms with Crippen LogP contribution in [0.4, 0.5) is 0 Å². The van der Waals surface area contributed by atoms with Gasteiger partial charge in [-0.2, -0.15) is 0 Å². The number of hydrogen-bond acceptors (Lipinski definition) is 2. The van der Waals surface area contributed by atoms with Crippen molar-refractivity contribution in [1.82, 2.24) is 0 Å². The van der Waals surface area contributed by atoms with Crippen LogP contribution in [0.1, 0.15) is 44.7 Å². The quantitative estimate of drug-likeness (QED) is 0.796. The van der Waals surface area contributed by atoms with E-state index in [0.29, 0.717) is 0 Å². The summed E-state index contributed by atoms with van der Waals surface area (Å²) >= 11 is 0. The molecule has 0 fully saturated rings. The highest BCUT2D eigenvalue weighted by molar-refractivity contribution is 5.31. The van der Waals surface area contributed by atoms with E-state index < -0.39 is 0 Å². The van der Waals surface area contributed by atoms with Gasteiger partial charge in [-0.25, -0.2) is 0 Å². The van der Waals surface area contributed by atoms with E-state index in [1.807, 2.05) is 6.92 Å². The lowest BCUT2D eigenvalue weighted by Crippen LogP contribution is -2.43. The molecule has 2 unspecified atom stereocenters. The first-order chi connectivity index (χ1) is 8.10. The summed E-state index contributed by atoms with van der Waals surface area (Å²) in [5.41, 5.74) is 8.65. The number of aliphatic hydroxyl groups excluding tert-OH is 1. The molecule has 0 aliphatic heterocycles. The average Bonchev–Trinajstić information content (AvgIpc) is 2.36. The lowest BCUT2D eigenvalue weighted by atomic mass is 9.70. The summed E-state index contributed by atoms with van der Waals surface area (Å²) in [6.07, 6.45) is 2.74. The van der Waals surface area contributed by atoms with Crippen molar-refractivity contribution in [3.05, 3.63) is 35.4 Å². The average molecular weight is 235 g/mol. The fraction of sp³-hybridized carbons (Fsp3) is 0.600. The predicted octanol–water partition coefficient (Wildman–Crippen LogP) is 2.63. The molecule has 2 atom stereocenters. The molecule has 1 aromatic carbocycles. The number of aliphatic hydroxyl groups is 1. The smallest absolute Gasteiger partial charge is 0.0440 e. The van der Waals surface area contributed by atoms with E-state index >= 15 is 0 Å². The SMILES string of the molecule is CCc1ccc(C(CC)(CCO)C(C)N)cc1. The molecule has 0 aromatic heterocycles. The second kappa shape index (κ2) is 6.18. The molecule has 0 aliphatic rings. The van der Waals surface area contributed by atoms with Gasteiger partial charge in [-0.3, -0.25) is 0 Å². The molecule has 0 saturated carbocycles. The minimum absolute atomic E-state index is 0.0483. The van der Waals surface area contributed by atoms with Gasteiger partial charge < -0.3 is 10.8 Å². The van der Waals surface area contributed by atoms with Crippen LogP contribution in [0.2, 0.25) is 0 Å². The highest BCUT2D eigenvalue weighted by atomic mass is 16.3. The van der Waals surface area contributed by atoms with Gasteiger partial charge in [-0.05, 0) is 37.3 Å². The van der Waals surface area contributed by atoms with Gasteiger partial charge in [0.25, 0.3) is 0 Å². The summed E-state index contributed by atoms with van der Waals surface area (Å²) in [7, 11) is 0. The summed E-state index contributed by atoms with van der Waals surface area (Å²) < 4.78 is 0. The molecule has 1 rings (SSSR count).